The molecular formula is C48H34O4. The number of rotatable bonds is 7. The second kappa shape index (κ2) is 14.7. The summed E-state index contributed by atoms with van der Waals surface area (Å²) in [4.78, 5) is 0. The lowest BCUT2D eigenvalue weighted by atomic mass is 9.91. The predicted molar refractivity (Wildman–Crippen MR) is 212 cm³/mol. The smallest absolute Gasteiger partial charge is 0.128 e. The fraction of sp³-hybridized carbons (Fsp3) is 0.0833. The Bertz CT molecular complexity index is 2550. The predicted octanol–water partition coefficient (Wildman–Crippen LogP) is 9.51. The molecule has 0 aromatic heterocycles. The van der Waals surface area contributed by atoms with Gasteiger partial charge >= 0.3 is 0 Å². The van der Waals surface area contributed by atoms with Gasteiger partial charge in [0.2, 0.25) is 0 Å². The highest BCUT2D eigenvalue weighted by Gasteiger charge is 2.20. The van der Waals surface area contributed by atoms with Crippen LogP contribution in [0.4, 0.5) is 0 Å². The van der Waals surface area contributed by atoms with Crippen LogP contribution in [0.25, 0.3) is 54.2 Å². The molecule has 4 nitrogen and oxygen atoms in total. The van der Waals surface area contributed by atoms with Crippen LogP contribution < -0.4 is 9.47 Å². The lowest BCUT2D eigenvalue weighted by Gasteiger charge is -2.19. The molecule has 250 valence electrons. The zero-order valence-corrected chi connectivity index (χ0v) is 28.4. The normalized spacial score (nSPS) is 10.9. The topological polar surface area (TPSA) is 58.9 Å². The third kappa shape index (κ3) is 6.78. The molecule has 0 saturated carbocycles. The van der Waals surface area contributed by atoms with E-state index in [-0.39, 0.29) is 26.4 Å². The summed E-state index contributed by atoms with van der Waals surface area (Å²) >= 11 is 0. The SMILES string of the molecule is OCCOc1ccc2cc(C#Cc3ccc4ccccc4c3)ccc2c1-c1c(OCCO)ccc2cc(C#Cc3ccc4ccccc4c3)ccc12. The highest BCUT2D eigenvalue weighted by Crippen LogP contribution is 2.46. The monoisotopic (exact) mass is 674 g/mol. The van der Waals surface area contributed by atoms with E-state index in [4.69, 9.17) is 9.47 Å². The Morgan fingerprint density at radius 1 is 0.365 bits per heavy atom. The van der Waals surface area contributed by atoms with Crippen LogP contribution in [0, 0.1) is 23.7 Å². The molecule has 8 aromatic carbocycles. The maximum Gasteiger partial charge on any atom is 0.128 e. The minimum absolute atomic E-state index is 0.122. The first-order chi connectivity index (χ1) is 25.7. The van der Waals surface area contributed by atoms with Gasteiger partial charge in [0.05, 0.1) is 13.2 Å². The van der Waals surface area contributed by atoms with Crippen LogP contribution in [-0.4, -0.2) is 36.6 Å². The van der Waals surface area contributed by atoms with E-state index in [9.17, 15) is 10.2 Å². The van der Waals surface area contributed by atoms with Crippen LogP contribution in [0.15, 0.2) is 146 Å². The summed E-state index contributed by atoms with van der Waals surface area (Å²) in [6, 6.07) is 49.3. The standard InChI is InChI=1S/C48H34O4/c49-25-27-51-45-23-19-41-31-35(11-9-33-13-17-37-5-1-3-7-39(37)29-33)15-21-43(41)47(45)48-44-22-16-36(32-42(44)20-24-46(48)52-28-26-50)12-10-34-14-18-38-6-2-4-8-40(38)30-34/h1-8,13-24,29-32,49-50H,25-28H2. The van der Waals surface area contributed by atoms with Crippen LogP contribution in [0.2, 0.25) is 0 Å². The number of fused-ring (bicyclic) bond motifs is 4. The molecule has 52 heavy (non-hydrogen) atoms. The average Bonchev–Trinajstić information content (AvgIpc) is 3.20. The molecule has 0 aliphatic heterocycles. The molecule has 0 amide bonds. The summed E-state index contributed by atoms with van der Waals surface area (Å²) < 4.78 is 12.3. The van der Waals surface area contributed by atoms with E-state index in [1.807, 2.05) is 72.8 Å². The fourth-order valence-electron chi connectivity index (χ4n) is 6.67. The number of hydrogen-bond acceptors (Lipinski definition) is 4. The number of hydrogen-bond donors (Lipinski definition) is 2. The summed E-state index contributed by atoms with van der Waals surface area (Å²) in [6.07, 6.45) is 0. The van der Waals surface area contributed by atoms with Crippen LogP contribution in [0.5, 0.6) is 11.5 Å². The average molecular weight is 675 g/mol. The minimum Gasteiger partial charge on any atom is -0.491 e. The number of ether oxygens (including phenoxy) is 2. The van der Waals surface area contributed by atoms with Crippen molar-refractivity contribution in [3.63, 3.8) is 0 Å². The van der Waals surface area contributed by atoms with Gasteiger partial charge in [-0.3, -0.25) is 0 Å². The van der Waals surface area contributed by atoms with Crippen molar-refractivity contribution < 1.29 is 19.7 Å². The molecule has 0 saturated heterocycles. The zero-order valence-electron chi connectivity index (χ0n) is 28.4. The Morgan fingerprint density at radius 2 is 0.712 bits per heavy atom. The van der Waals surface area contributed by atoms with Crippen molar-refractivity contribution >= 4 is 43.1 Å². The van der Waals surface area contributed by atoms with E-state index in [1.54, 1.807) is 0 Å². The lowest BCUT2D eigenvalue weighted by molar-refractivity contribution is 0.200. The molecule has 0 unspecified atom stereocenters. The van der Waals surface area contributed by atoms with Gasteiger partial charge in [-0.1, -0.05) is 109 Å². The van der Waals surface area contributed by atoms with Gasteiger partial charge in [-0.15, -0.1) is 0 Å². The van der Waals surface area contributed by atoms with Crippen molar-refractivity contribution in [1.29, 1.82) is 0 Å². The van der Waals surface area contributed by atoms with E-state index >= 15 is 0 Å². The molecule has 0 atom stereocenters. The molecule has 0 aliphatic rings. The van der Waals surface area contributed by atoms with Gasteiger partial charge in [0.15, 0.2) is 0 Å². The van der Waals surface area contributed by atoms with Gasteiger partial charge in [0, 0.05) is 33.4 Å². The second-order valence-corrected chi connectivity index (χ2v) is 12.5. The van der Waals surface area contributed by atoms with E-state index in [0.717, 1.165) is 65.7 Å². The first kappa shape index (κ1) is 32.6. The van der Waals surface area contributed by atoms with E-state index in [2.05, 4.69) is 96.5 Å². The first-order valence-corrected chi connectivity index (χ1v) is 17.3. The Morgan fingerprint density at radius 3 is 1.12 bits per heavy atom. The number of aliphatic hydroxyl groups is 2. The zero-order chi connectivity index (χ0) is 35.3. The second-order valence-electron chi connectivity index (χ2n) is 12.5. The largest absolute Gasteiger partial charge is 0.491 e. The quantitative estimate of drug-likeness (QED) is 0.165. The Kier molecular flexibility index (Phi) is 9.25. The van der Waals surface area contributed by atoms with Gasteiger partial charge in [-0.05, 0) is 104 Å². The van der Waals surface area contributed by atoms with Gasteiger partial charge in [0.1, 0.15) is 24.7 Å². The van der Waals surface area contributed by atoms with Crippen LogP contribution in [-0.2, 0) is 0 Å². The maximum atomic E-state index is 9.70. The van der Waals surface area contributed by atoms with E-state index in [1.165, 1.54) is 10.8 Å². The molecule has 2 N–H and O–H groups in total. The molecule has 4 heteroatoms. The fourth-order valence-corrected chi connectivity index (χ4v) is 6.67. The van der Waals surface area contributed by atoms with Crippen molar-refractivity contribution in [3.8, 4) is 46.3 Å². The van der Waals surface area contributed by atoms with Crippen LogP contribution >= 0.6 is 0 Å². The molecule has 0 aliphatic carbocycles. The van der Waals surface area contributed by atoms with Gasteiger partial charge in [-0.2, -0.15) is 0 Å². The van der Waals surface area contributed by atoms with Crippen molar-refractivity contribution in [2.45, 2.75) is 0 Å². The van der Waals surface area contributed by atoms with E-state index in [0.29, 0.717) is 11.5 Å². The summed E-state index contributed by atoms with van der Waals surface area (Å²) in [5.41, 5.74) is 5.37. The van der Waals surface area contributed by atoms with Crippen molar-refractivity contribution in [2.75, 3.05) is 26.4 Å². The van der Waals surface area contributed by atoms with Crippen LogP contribution in [0.1, 0.15) is 22.3 Å². The Labute approximate surface area is 302 Å². The summed E-state index contributed by atoms with van der Waals surface area (Å²) in [7, 11) is 0. The highest BCUT2D eigenvalue weighted by atomic mass is 16.5. The molecule has 0 radical (unpaired) electrons. The minimum atomic E-state index is -0.122. The third-order valence-corrected chi connectivity index (χ3v) is 9.11. The number of aliphatic hydroxyl groups excluding tert-OH is 2. The molecule has 0 bridgehead atoms. The third-order valence-electron chi connectivity index (χ3n) is 9.11. The highest BCUT2D eigenvalue weighted by molar-refractivity contribution is 6.10. The van der Waals surface area contributed by atoms with Gasteiger partial charge < -0.3 is 19.7 Å². The van der Waals surface area contributed by atoms with E-state index < -0.39 is 0 Å². The van der Waals surface area contributed by atoms with Crippen LogP contribution in [0.3, 0.4) is 0 Å². The van der Waals surface area contributed by atoms with Crippen molar-refractivity contribution in [1.82, 2.24) is 0 Å². The number of benzene rings is 8. The van der Waals surface area contributed by atoms with Crippen molar-refractivity contribution in [3.05, 3.63) is 168 Å². The van der Waals surface area contributed by atoms with Crippen molar-refractivity contribution in [2.24, 2.45) is 0 Å². The maximum absolute atomic E-state index is 9.70. The summed E-state index contributed by atoms with van der Waals surface area (Å²) in [6.45, 7) is 0.0344. The van der Waals surface area contributed by atoms with Gasteiger partial charge in [0.25, 0.3) is 0 Å². The molecule has 0 fully saturated rings. The Hall–Kier alpha value is -6.56. The molecular weight excluding hydrogens is 641 g/mol. The lowest BCUT2D eigenvalue weighted by Crippen LogP contribution is -2.05. The molecule has 8 rings (SSSR count). The first-order valence-electron chi connectivity index (χ1n) is 17.3. The molecule has 0 heterocycles. The Balaban J connectivity index is 1.23. The molecule has 8 aromatic rings. The summed E-state index contributed by atoms with van der Waals surface area (Å²) in [5.74, 6) is 14.6. The van der Waals surface area contributed by atoms with Gasteiger partial charge in [-0.25, -0.2) is 0 Å². The summed E-state index contributed by atoms with van der Waals surface area (Å²) in [5, 5.41) is 28.0. The molecule has 0 spiro atoms.